The van der Waals surface area contributed by atoms with Crippen molar-refractivity contribution in [2.75, 3.05) is 20.2 Å². The van der Waals surface area contributed by atoms with Gasteiger partial charge in [-0.1, -0.05) is 29.8 Å². The number of amides is 1. The van der Waals surface area contributed by atoms with Crippen LogP contribution in [-0.2, 0) is 5.54 Å². The lowest BCUT2D eigenvalue weighted by atomic mass is 9.93. The van der Waals surface area contributed by atoms with E-state index in [2.05, 4.69) is 28.3 Å². The van der Waals surface area contributed by atoms with Gasteiger partial charge in [0.15, 0.2) is 0 Å². The molecule has 1 aromatic heterocycles. The highest BCUT2D eigenvalue weighted by Gasteiger charge is 2.47. The normalized spacial score (nSPS) is 18.2. The molecule has 7 heteroatoms. The molecular weight excluding hydrogens is 501 g/mol. The molecule has 0 spiro atoms. The van der Waals surface area contributed by atoms with E-state index in [1.807, 2.05) is 43.3 Å². The van der Waals surface area contributed by atoms with Crippen molar-refractivity contribution in [2.24, 2.45) is 0 Å². The van der Waals surface area contributed by atoms with E-state index >= 15 is 0 Å². The Kier molecular flexibility index (Phi) is 6.33. The predicted molar refractivity (Wildman–Crippen MR) is 148 cm³/mol. The van der Waals surface area contributed by atoms with Crippen LogP contribution >= 0.6 is 11.6 Å². The fraction of sp³-hybridized carbons (Fsp3) is 0.290. The van der Waals surface area contributed by atoms with E-state index in [9.17, 15) is 9.18 Å². The highest BCUT2D eigenvalue weighted by molar-refractivity contribution is 6.31. The molecule has 38 heavy (non-hydrogen) atoms. The largest absolute Gasteiger partial charge is 0.492 e. The molecule has 5 nitrogen and oxygen atoms in total. The number of pyridine rings is 1. The van der Waals surface area contributed by atoms with Gasteiger partial charge in [-0.2, -0.15) is 0 Å². The van der Waals surface area contributed by atoms with E-state index < -0.39 is 11.4 Å². The second kappa shape index (κ2) is 9.68. The molecule has 2 heterocycles. The Labute approximate surface area is 226 Å². The van der Waals surface area contributed by atoms with Gasteiger partial charge in [-0.25, -0.2) is 4.39 Å². The standard InChI is InChI=1S/C31H29ClFN3O2/c1-19-5-7-23(38-18-22-9-13-36(22)2)17-25(19)30(37)35-31(10-11-31)26-14-21(16-29-24(26)4-3-12-34-29)20-6-8-28(33)27(32)15-20/h3-8,12,14-17,22H,9-11,13,18H2,1-2H3,(H,35,37). The molecule has 4 aromatic rings. The fourth-order valence-corrected chi connectivity index (χ4v) is 5.38. The molecule has 0 radical (unpaired) electrons. The minimum atomic E-state index is -0.504. The molecule has 1 N–H and O–H groups in total. The number of fused-ring (bicyclic) bond motifs is 1. The number of likely N-dealkylation sites (N-methyl/N-ethyl adjacent to an activating group) is 1. The Balaban J connectivity index is 1.31. The molecule has 3 aromatic carbocycles. The molecule has 6 rings (SSSR count). The number of carbonyl (C=O) groups is 1. The summed E-state index contributed by atoms with van der Waals surface area (Å²) in [5.74, 6) is 0.121. The summed E-state index contributed by atoms with van der Waals surface area (Å²) in [5, 5.41) is 4.39. The van der Waals surface area contributed by atoms with Gasteiger partial charge in [0.05, 0.1) is 16.1 Å². The fourth-order valence-electron chi connectivity index (χ4n) is 5.20. The second-order valence-corrected chi connectivity index (χ2v) is 10.9. The number of nitrogens with zero attached hydrogens (tertiary/aromatic N) is 2. The van der Waals surface area contributed by atoms with E-state index in [0.717, 1.165) is 59.0 Å². The first-order valence-electron chi connectivity index (χ1n) is 12.9. The highest BCUT2D eigenvalue weighted by atomic mass is 35.5. The molecule has 1 saturated carbocycles. The van der Waals surface area contributed by atoms with Crippen LogP contribution in [0.4, 0.5) is 4.39 Å². The van der Waals surface area contributed by atoms with Crippen molar-refractivity contribution in [3.63, 3.8) is 0 Å². The molecular formula is C31H29ClFN3O2. The Bertz CT molecular complexity index is 1550. The Morgan fingerprint density at radius 2 is 2.00 bits per heavy atom. The van der Waals surface area contributed by atoms with Gasteiger partial charge in [0.2, 0.25) is 0 Å². The average Bonchev–Trinajstić information content (AvgIpc) is 3.69. The lowest BCUT2D eigenvalue weighted by Crippen LogP contribution is -2.48. The van der Waals surface area contributed by atoms with E-state index in [-0.39, 0.29) is 10.9 Å². The van der Waals surface area contributed by atoms with Gasteiger partial charge in [-0.15, -0.1) is 0 Å². The highest BCUT2D eigenvalue weighted by Crippen LogP contribution is 2.49. The number of carbonyl (C=O) groups excluding carboxylic acids is 1. The third-order valence-electron chi connectivity index (χ3n) is 7.93. The van der Waals surface area contributed by atoms with Crippen molar-refractivity contribution in [1.82, 2.24) is 15.2 Å². The molecule has 2 fully saturated rings. The number of likely N-dealkylation sites (tertiary alicyclic amines) is 1. The molecule has 1 atom stereocenters. The smallest absolute Gasteiger partial charge is 0.252 e. The van der Waals surface area contributed by atoms with Gasteiger partial charge in [0.25, 0.3) is 5.91 Å². The first-order chi connectivity index (χ1) is 18.3. The minimum absolute atomic E-state index is 0.0705. The van der Waals surface area contributed by atoms with E-state index in [1.54, 1.807) is 18.3 Å². The lowest BCUT2D eigenvalue weighted by molar-refractivity contribution is 0.0767. The molecule has 0 bridgehead atoms. The monoisotopic (exact) mass is 529 g/mol. The predicted octanol–water partition coefficient (Wildman–Crippen LogP) is 6.50. The van der Waals surface area contributed by atoms with E-state index in [1.165, 1.54) is 6.07 Å². The van der Waals surface area contributed by atoms with Crippen LogP contribution in [0.15, 0.2) is 66.9 Å². The average molecular weight is 530 g/mol. The summed E-state index contributed by atoms with van der Waals surface area (Å²) in [7, 11) is 2.10. The van der Waals surface area contributed by atoms with Gasteiger partial charge in [-0.05, 0) is 104 Å². The van der Waals surface area contributed by atoms with Crippen LogP contribution in [0.3, 0.4) is 0 Å². The second-order valence-electron chi connectivity index (χ2n) is 10.5. The zero-order valence-corrected chi connectivity index (χ0v) is 22.2. The molecule has 1 unspecified atom stereocenters. The Hall–Kier alpha value is -3.48. The van der Waals surface area contributed by atoms with Crippen LogP contribution in [0.1, 0.15) is 40.7 Å². The van der Waals surface area contributed by atoms with E-state index in [0.29, 0.717) is 24.0 Å². The van der Waals surface area contributed by atoms with Gasteiger partial charge >= 0.3 is 0 Å². The third kappa shape index (κ3) is 4.63. The van der Waals surface area contributed by atoms with Crippen molar-refractivity contribution < 1.29 is 13.9 Å². The van der Waals surface area contributed by atoms with Crippen molar-refractivity contribution >= 4 is 28.4 Å². The summed E-state index contributed by atoms with van der Waals surface area (Å²) < 4.78 is 19.9. The Morgan fingerprint density at radius 1 is 1.16 bits per heavy atom. The zero-order chi connectivity index (χ0) is 26.4. The van der Waals surface area contributed by atoms with Gasteiger partial charge in [0, 0.05) is 23.2 Å². The topological polar surface area (TPSA) is 54.5 Å². The molecule has 2 aliphatic rings. The minimum Gasteiger partial charge on any atom is -0.492 e. The SMILES string of the molecule is Cc1ccc(OCC2CCN2C)cc1C(=O)NC1(c2cc(-c3ccc(F)c(Cl)c3)cc3ncccc23)CC1. The van der Waals surface area contributed by atoms with Crippen molar-refractivity contribution in [3.05, 3.63) is 94.4 Å². The number of halogens is 2. The van der Waals surface area contributed by atoms with Crippen LogP contribution in [0, 0.1) is 12.7 Å². The van der Waals surface area contributed by atoms with Crippen LogP contribution in [-0.4, -0.2) is 42.0 Å². The molecule has 1 aliphatic heterocycles. The first kappa shape index (κ1) is 24.8. The summed E-state index contributed by atoms with van der Waals surface area (Å²) in [6, 6.07) is 18.8. The number of benzene rings is 3. The maximum atomic E-state index is 13.8. The summed E-state index contributed by atoms with van der Waals surface area (Å²) in [6.45, 7) is 3.65. The molecule has 1 amide bonds. The van der Waals surface area contributed by atoms with Crippen LogP contribution in [0.25, 0.3) is 22.0 Å². The summed E-state index contributed by atoms with van der Waals surface area (Å²) in [6.07, 6.45) is 4.52. The molecule has 194 valence electrons. The quantitative estimate of drug-likeness (QED) is 0.297. The van der Waals surface area contributed by atoms with Crippen molar-refractivity contribution in [3.8, 4) is 16.9 Å². The number of hydrogen-bond donors (Lipinski definition) is 1. The van der Waals surface area contributed by atoms with Crippen molar-refractivity contribution in [1.29, 1.82) is 0 Å². The lowest BCUT2D eigenvalue weighted by Gasteiger charge is -2.37. The van der Waals surface area contributed by atoms with Crippen LogP contribution in [0.2, 0.25) is 5.02 Å². The number of aryl methyl sites for hydroxylation is 1. The summed E-state index contributed by atoms with van der Waals surface area (Å²) in [4.78, 5) is 20.5. The third-order valence-corrected chi connectivity index (χ3v) is 8.22. The summed E-state index contributed by atoms with van der Waals surface area (Å²) >= 11 is 6.09. The number of ether oxygens (including phenoxy) is 1. The van der Waals surface area contributed by atoms with Gasteiger partial charge < -0.3 is 10.1 Å². The maximum absolute atomic E-state index is 13.8. The summed E-state index contributed by atoms with van der Waals surface area (Å²) in [5.41, 5.74) is 4.49. The maximum Gasteiger partial charge on any atom is 0.252 e. The number of hydrogen-bond acceptors (Lipinski definition) is 4. The molecule has 1 saturated heterocycles. The van der Waals surface area contributed by atoms with Gasteiger partial charge in [0.1, 0.15) is 18.2 Å². The van der Waals surface area contributed by atoms with Gasteiger partial charge in [-0.3, -0.25) is 14.7 Å². The van der Waals surface area contributed by atoms with Crippen LogP contribution < -0.4 is 10.1 Å². The number of rotatable bonds is 7. The zero-order valence-electron chi connectivity index (χ0n) is 21.4. The Morgan fingerprint density at radius 3 is 2.71 bits per heavy atom. The molecule has 1 aliphatic carbocycles. The van der Waals surface area contributed by atoms with Crippen molar-refractivity contribution in [2.45, 2.75) is 37.8 Å². The van der Waals surface area contributed by atoms with E-state index in [4.69, 9.17) is 16.3 Å². The number of nitrogens with one attached hydrogen (secondary N) is 1. The number of aromatic nitrogens is 1. The van der Waals surface area contributed by atoms with Crippen LogP contribution in [0.5, 0.6) is 5.75 Å². The first-order valence-corrected chi connectivity index (χ1v) is 13.3.